The van der Waals surface area contributed by atoms with Crippen LogP contribution in [0, 0.1) is 9.39 Å². The van der Waals surface area contributed by atoms with Crippen LogP contribution in [-0.4, -0.2) is 31.1 Å². The highest BCUT2D eigenvalue weighted by molar-refractivity contribution is 14.1. The molecular formula is C14H21ClFIN2. The average Bonchev–Trinajstić information content (AvgIpc) is 2.40. The standard InChI is InChI=1S/C14H20FIN2.ClH/c1-2-3-14(18-8-6-17-7-9-18)12-10-11(16)4-5-13(12)15;/h4-5,10,14,17H,2-3,6-9H2,1H3;1H/t14-;/m1./s1. The van der Waals surface area contributed by atoms with Gasteiger partial charge in [0.15, 0.2) is 0 Å². The minimum atomic E-state index is -0.0626. The molecule has 1 aliphatic heterocycles. The smallest absolute Gasteiger partial charge is 0.128 e. The maximum atomic E-state index is 14.1. The van der Waals surface area contributed by atoms with E-state index in [9.17, 15) is 4.39 Å². The predicted molar refractivity (Wildman–Crippen MR) is 88.5 cm³/mol. The third-order valence-corrected chi connectivity index (χ3v) is 4.14. The van der Waals surface area contributed by atoms with Gasteiger partial charge < -0.3 is 5.32 Å². The molecule has 2 nitrogen and oxygen atoms in total. The third kappa shape index (κ3) is 4.55. The van der Waals surface area contributed by atoms with Gasteiger partial charge in [-0.3, -0.25) is 4.90 Å². The van der Waals surface area contributed by atoms with E-state index in [0.717, 1.165) is 48.2 Å². The number of hydrogen-bond donors (Lipinski definition) is 1. The quantitative estimate of drug-likeness (QED) is 0.780. The molecule has 1 N–H and O–H groups in total. The van der Waals surface area contributed by atoms with Crippen LogP contribution in [-0.2, 0) is 0 Å². The van der Waals surface area contributed by atoms with Gasteiger partial charge in [-0.1, -0.05) is 13.3 Å². The molecule has 2 rings (SSSR count). The molecule has 0 aliphatic carbocycles. The molecule has 108 valence electrons. The van der Waals surface area contributed by atoms with E-state index in [-0.39, 0.29) is 24.3 Å². The van der Waals surface area contributed by atoms with Crippen LogP contribution in [0.5, 0.6) is 0 Å². The number of benzene rings is 1. The first-order chi connectivity index (χ1) is 8.72. The van der Waals surface area contributed by atoms with Gasteiger partial charge >= 0.3 is 0 Å². The number of piperazine rings is 1. The van der Waals surface area contributed by atoms with E-state index >= 15 is 0 Å². The van der Waals surface area contributed by atoms with Gasteiger partial charge in [0.2, 0.25) is 0 Å². The Labute approximate surface area is 134 Å². The van der Waals surface area contributed by atoms with Crippen LogP contribution in [0.25, 0.3) is 0 Å². The van der Waals surface area contributed by atoms with Crippen LogP contribution in [0.2, 0.25) is 0 Å². The molecule has 1 saturated heterocycles. The Kier molecular flexibility index (Phi) is 7.57. The fraction of sp³-hybridized carbons (Fsp3) is 0.571. The molecule has 0 unspecified atom stereocenters. The van der Waals surface area contributed by atoms with Gasteiger partial charge in [-0.2, -0.15) is 0 Å². The lowest BCUT2D eigenvalue weighted by molar-refractivity contribution is 0.161. The monoisotopic (exact) mass is 398 g/mol. The molecule has 0 bridgehead atoms. The molecule has 1 heterocycles. The zero-order valence-electron chi connectivity index (χ0n) is 11.2. The number of rotatable bonds is 4. The van der Waals surface area contributed by atoms with Crippen molar-refractivity contribution in [3.63, 3.8) is 0 Å². The molecule has 1 aromatic carbocycles. The summed E-state index contributed by atoms with van der Waals surface area (Å²) in [5.41, 5.74) is 0.866. The van der Waals surface area contributed by atoms with E-state index in [1.54, 1.807) is 6.07 Å². The van der Waals surface area contributed by atoms with Crippen molar-refractivity contribution in [1.29, 1.82) is 0 Å². The van der Waals surface area contributed by atoms with E-state index in [0.29, 0.717) is 0 Å². The van der Waals surface area contributed by atoms with Crippen molar-refractivity contribution in [2.24, 2.45) is 0 Å². The summed E-state index contributed by atoms with van der Waals surface area (Å²) in [7, 11) is 0. The first kappa shape index (κ1) is 17.1. The highest BCUT2D eigenvalue weighted by Gasteiger charge is 2.23. The van der Waals surface area contributed by atoms with E-state index in [4.69, 9.17) is 0 Å². The first-order valence-electron chi connectivity index (χ1n) is 6.62. The van der Waals surface area contributed by atoms with Crippen LogP contribution in [0.4, 0.5) is 4.39 Å². The normalized spacial score (nSPS) is 17.8. The van der Waals surface area contributed by atoms with Crippen molar-refractivity contribution in [1.82, 2.24) is 10.2 Å². The van der Waals surface area contributed by atoms with Gasteiger partial charge in [0.05, 0.1) is 0 Å². The van der Waals surface area contributed by atoms with Gasteiger partial charge in [-0.15, -0.1) is 12.4 Å². The minimum Gasteiger partial charge on any atom is -0.314 e. The molecule has 1 atom stereocenters. The van der Waals surface area contributed by atoms with Crippen LogP contribution < -0.4 is 5.32 Å². The third-order valence-electron chi connectivity index (χ3n) is 3.47. The summed E-state index contributed by atoms with van der Waals surface area (Å²) in [5.74, 6) is -0.0626. The summed E-state index contributed by atoms with van der Waals surface area (Å²) < 4.78 is 15.2. The zero-order valence-corrected chi connectivity index (χ0v) is 14.1. The molecule has 0 spiro atoms. The van der Waals surface area contributed by atoms with Gasteiger partial charge in [0.25, 0.3) is 0 Å². The van der Waals surface area contributed by atoms with Crippen molar-refractivity contribution in [3.8, 4) is 0 Å². The van der Waals surface area contributed by atoms with E-state index in [1.165, 1.54) is 0 Å². The van der Waals surface area contributed by atoms with Crippen molar-refractivity contribution in [3.05, 3.63) is 33.1 Å². The van der Waals surface area contributed by atoms with Crippen molar-refractivity contribution in [2.75, 3.05) is 26.2 Å². The largest absolute Gasteiger partial charge is 0.314 e. The molecule has 19 heavy (non-hydrogen) atoms. The maximum absolute atomic E-state index is 14.1. The predicted octanol–water partition coefficient (Wildman–Crippen LogP) is 3.60. The number of nitrogens with one attached hydrogen (secondary N) is 1. The molecule has 0 aromatic heterocycles. The van der Waals surface area contributed by atoms with E-state index in [1.807, 2.05) is 12.1 Å². The summed E-state index contributed by atoms with van der Waals surface area (Å²) in [5, 5.41) is 3.35. The Morgan fingerprint density at radius 1 is 1.37 bits per heavy atom. The fourth-order valence-electron chi connectivity index (χ4n) is 2.57. The maximum Gasteiger partial charge on any atom is 0.128 e. The number of nitrogens with zero attached hydrogens (tertiary/aromatic N) is 1. The van der Waals surface area contributed by atoms with Crippen molar-refractivity contribution >= 4 is 35.0 Å². The Morgan fingerprint density at radius 2 is 2.05 bits per heavy atom. The Morgan fingerprint density at radius 3 is 2.68 bits per heavy atom. The summed E-state index contributed by atoms with van der Waals surface area (Å²) in [6.45, 7) is 6.20. The highest BCUT2D eigenvalue weighted by atomic mass is 127. The molecule has 0 saturated carbocycles. The lowest BCUT2D eigenvalue weighted by atomic mass is 9.99. The second-order valence-corrected chi connectivity index (χ2v) is 6.00. The highest BCUT2D eigenvalue weighted by Crippen LogP contribution is 2.29. The van der Waals surface area contributed by atoms with Crippen molar-refractivity contribution in [2.45, 2.75) is 25.8 Å². The topological polar surface area (TPSA) is 15.3 Å². The van der Waals surface area contributed by atoms with Crippen LogP contribution >= 0.6 is 35.0 Å². The molecule has 1 aliphatic rings. The molecule has 0 amide bonds. The zero-order chi connectivity index (χ0) is 13.0. The Balaban J connectivity index is 0.00000180. The van der Waals surface area contributed by atoms with Crippen molar-refractivity contribution < 1.29 is 4.39 Å². The second kappa shape index (κ2) is 8.39. The average molecular weight is 399 g/mol. The molecule has 1 fully saturated rings. The number of hydrogen-bond acceptors (Lipinski definition) is 2. The lowest BCUT2D eigenvalue weighted by Crippen LogP contribution is -2.45. The minimum absolute atomic E-state index is 0. The molecule has 5 heteroatoms. The summed E-state index contributed by atoms with van der Waals surface area (Å²) >= 11 is 2.26. The summed E-state index contributed by atoms with van der Waals surface area (Å²) in [4.78, 5) is 2.41. The van der Waals surface area contributed by atoms with E-state index in [2.05, 4.69) is 39.7 Å². The van der Waals surface area contributed by atoms with Gasteiger partial charge in [0, 0.05) is 41.4 Å². The van der Waals surface area contributed by atoms with Crippen LogP contribution in [0.1, 0.15) is 31.4 Å². The van der Waals surface area contributed by atoms with Gasteiger partial charge in [-0.05, 0) is 47.2 Å². The van der Waals surface area contributed by atoms with Gasteiger partial charge in [0.1, 0.15) is 5.82 Å². The first-order valence-corrected chi connectivity index (χ1v) is 7.70. The Bertz CT molecular complexity index is 397. The second-order valence-electron chi connectivity index (χ2n) is 4.76. The Hall–Kier alpha value is 0.0900. The molecule has 1 aromatic rings. The summed E-state index contributed by atoms with van der Waals surface area (Å²) in [6.07, 6.45) is 2.11. The van der Waals surface area contributed by atoms with Crippen LogP contribution in [0.3, 0.4) is 0 Å². The molecular weight excluding hydrogens is 378 g/mol. The number of halogens is 3. The fourth-order valence-corrected chi connectivity index (χ4v) is 3.09. The lowest BCUT2D eigenvalue weighted by Gasteiger charge is -2.35. The SMILES string of the molecule is CCC[C@H](c1cc(I)ccc1F)N1CCNCC1.Cl. The molecule has 0 radical (unpaired) electrons. The van der Waals surface area contributed by atoms with Gasteiger partial charge in [-0.25, -0.2) is 4.39 Å². The van der Waals surface area contributed by atoms with E-state index < -0.39 is 0 Å². The summed E-state index contributed by atoms with van der Waals surface area (Å²) in [6, 6.07) is 5.66. The van der Waals surface area contributed by atoms with Crippen LogP contribution in [0.15, 0.2) is 18.2 Å².